The van der Waals surface area contributed by atoms with Gasteiger partial charge in [0.2, 0.25) is 0 Å². The van der Waals surface area contributed by atoms with Crippen molar-refractivity contribution in [2.45, 2.75) is 12.7 Å². The van der Waals surface area contributed by atoms with Crippen molar-refractivity contribution >= 4 is 9.84 Å². The fourth-order valence-electron chi connectivity index (χ4n) is 1.12. The van der Waals surface area contributed by atoms with E-state index in [1.807, 2.05) is 31.2 Å². The molecule has 0 aliphatic rings. The molecule has 0 unspecified atom stereocenters. The van der Waals surface area contributed by atoms with Crippen LogP contribution in [0.25, 0.3) is 0 Å². The van der Waals surface area contributed by atoms with Gasteiger partial charge in [-0.15, -0.1) is 6.42 Å². The number of hydrogen-bond acceptors (Lipinski definition) is 2. The van der Waals surface area contributed by atoms with E-state index in [4.69, 9.17) is 6.42 Å². The topological polar surface area (TPSA) is 34.1 Å². The summed E-state index contributed by atoms with van der Waals surface area (Å²) in [5.74, 6) is 1.98. The first kappa shape index (κ1) is 10.8. The largest absolute Gasteiger partial charge is 0.228 e. The van der Waals surface area contributed by atoms with Gasteiger partial charge in [-0.1, -0.05) is 35.7 Å². The van der Waals surface area contributed by atoms with E-state index in [1.54, 1.807) is 0 Å². The van der Waals surface area contributed by atoms with Crippen molar-refractivity contribution < 1.29 is 8.42 Å². The highest BCUT2D eigenvalue weighted by atomic mass is 32.2. The molecule has 74 valence electrons. The molecule has 1 aromatic carbocycles. The second-order valence-electron chi connectivity index (χ2n) is 3.22. The molecule has 0 saturated carbocycles. The second-order valence-corrected chi connectivity index (χ2v) is 5.29. The van der Waals surface area contributed by atoms with Gasteiger partial charge in [-0.2, -0.15) is 0 Å². The van der Waals surface area contributed by atoms with Gasteiger partial charge in [0, 0.05) is 0 Å². The Hall–Kier alpha value is -1.27. The molecule has 2 nitrogen and oxygen atoms in total. The molecule has 0 radical (unpaired) electrons. The standard InChI is InChI=1S/C11H12O2S/c1-3-8-14(12,13)9-11-6-4-10(2)5-7-11/h1,4-7H,8-9H2,2H3. The lowest BCUT2D eigenvalue weighted by atomic mass is 10.2. The highest BCUT2D eigenvalue weighted by Gasteiger charge is 2.09. The summed E-state index contributed by atoms with van der Waals surface area (Å²) in [5.41, 5.74) is 1.90. The van der Waals surface area contributed by atoms with Gasteiger partial charge in [-0.3, -0.25) is 0 Å². The highest BCUT2D eigenvalue weighted by Crippen LogP contribution is 2.07. The van der Waals surface area contributed by atoms with E-state index in [2.05, 4.69) is 5.92 Å². The molecule has 0 spiro atoms. The van der Waals surface area contributed by atoms with Crippen molar-refractivity contribution in [3.05, 3.63) is 35.4 Å². The number of sulfone groups is 1. The third-order valence-electron chi connectivity index (χ3n) is 1.81. The van der Waals surface area contributed by atoms with Gasteiger partial charge < -0.3 is 0 Å². The predicted octanol–water partition coefficient (Wildman–Crippen LogP) is 1.54. The molecule has 0 fully saturated rings. The smallest absolute Gasteiger partial charge is 0.165 e. The zero-order valence-electron chi connectivity index (χ0n) is 8.03. The van der Waals surface area contributed by atoms with Crippen LogP contribution in [0, 0.1) is 19.3 Å². The Kier molecular flexibility index (Phi) is 3.32. The zero-order chi connectivity index (χ0) is 10.6. The van der Waals surface area contributed by atoms with E-state index < -0.39 is 9.84 Å². The number of aryl methyl sites for hydroxylation is 1. The molecule has 0 aromatic heterocycles. The minimum atomic E-state index is -3.13. The predicted molar refractivity (Wildman–Crippen MR) is 57.5 cm³/mol. The van der Waals surface area contributed by atoms with Crippen LogP contribution in [0.3, 0.4) is 0 Å². The van der Waals surface area contributed by atoms with Crippen LogP contribution in [0.4, 0.5) is 0 Å². The lowest BCUT2D eigenvalue weighted by Gasteiger charge is -2.01. The van der Waals surface area contributed by atoms with E-state index in [9.17, 15) is 8.42 Å². The quantitative estimate of drug-likeness (QED) is 0.706. The van der Waals surface area contributed by atoms with Crippen LogP contribution >= 0.6 is 0 Å². The van der Waals surface area contributed by atoms with Gasteiger partial charge in [0.25, 0.3) is 0 Å². The van der Waals surface area contributed by atoms with Crippen molar-refractivity contribution in [1.82, 2.24) is 0 Å². The molecule has 1 aromatic rings. The molecule has 0 atom stereocenters. The van der Waals surface area contributed by atoms with Gasteiger partial charge in [-0.05, 0) is 12.5 Å². The Balaban J connectivity index is 2.80. The van der Waals surface area contributed by atoms with Crippen molar-refractivity contribution in [3.63, 3.8) is 0 Å². The minimum Gasteiger partial charge on any atom is -0.228 e. The molecule has 0 aliphatic carbocycles. The van der Waals surface area contributed by atoms with Crippen LogP contribution in [-0.2, 0) is 15.6 Å². The third-order valence-corrected chi connectivity index (χ3v) is 3.19. The summed E-state index contributed by atoms with van der Waals surface area (Å²) in [6.45, 7) is 1.96. The number of terminal acetylenes is 1. The van der Waals surface area contributed by atoms with Gasteiger partial charge in [-0.25, -0.2) is 8.42 Å². The first-order valence-electron chi connectivity index (χ1n) is 4.23. The maximum absolute atomic E-state index is 11.3. The lowest BCUT2D eigenvalue weighted by molar-refractivity contribution is 0.598. The molecular formula is C11H12O2S. The Morgan fingerprint density at radius 2 is 1.86 bits per heavy atom. The summed E-state index contributed by atoms with van der Waals surface area (Å²) >= 11 is 0. The molecule has 0 N–H and O–H groups in total. The van der Waals surface area contributed by atoms with Crippen molar-refractivity contribution in [3.8, 4) is 12.3 Å². The van der Waals surface area contributed by atoms with Crippen molar-refractivity contribution in [2.75, 3.05) is 5.75 Å². The Morgan fingerprint density at radius 3 is 2.36 bits per heavy atom. The van der Waals surface area contributed by atoms with Crippen LogP contribution in [0.1, 0.15) is 11.1 Å². The van der Waals surface area contributed by atoms with Crippen LogP contribution in [0.15, 0.2) is 24.3 Å². The number of rotatable bonds is 3. The summed E-state index contributed by atoms with van der Waals surface area (Å²) < 4.78 is 22.7. The van der Waals surface area contributed by atoms with Gasteiger partial charge in [0.1, 0.15) is 5.75 Å². The summed E-state index contributed by atoms with van der Waals surface area (Å²) in [6.07, 6.45) is 4.96. The van der Waals surface area contributed by atoms with Gasteiger partial charge >= 0.3 is 0 Å². The fraction of sp³-hybridized carbons (Fsp3) is 0.273. The van der Waals surface area contributed by atoms with Gasteiger partial charge in [0.05, 0.1) is 5.75 Å². The minimum absolute atomic E-state index is 0.0253. The van der Waals surface area contributed by atoms with Crippen LogP contribution < -0.4 is 0 Å². The van der Waals surface area contributed by atoms with E-state index in [0.717, 1.165) is 11.1 Å². The van der Waals surface area contributed by atoms with Crippen LogP contribution in [0.2, 0.25) is 0 Å². The molecular weight excluding hydrogens is 196 g/mol. The summed E-state index contributed by atoms with van der Waals surface area (Å²) in [5, 5.41) is 0. The van der Waals surface area contributed by atoms with Crippen LogP contribution in [-0.4, -0.2) is 14.2 Å². The average Bonchev–Trinajstić information content (AvgIpc) is 2.08. The molecule has 0 heterocycles. The first-order chi connectivity index (χ1) is 6.53. The Labute approximate surface area is 84.9 Å². The van der Waals surface area contributed by atoms with Crippen LogP contribution in [0.5, 0.6) is 0 Å². The van der Waals surface area contributed by atoms with E-state index in [-0.39, 0.29) is 11.5 Å². The Morgan fingerprint density at radius 1 is 1.29 bits per heavy atom. The van der Waals surface area contributed by atoms with Crippen molar-refractivity contribution in [2.24, 2.45) is 0 Å². The number of hydrogen-bond donors (Lipinski definition) is 0. The summed E-state index contributed by atoms with van der Waals surface area (Å²) in [7, 11) is -3.13. The van der Waals surface area contributed by atoms with Crippen molar-refractivity contribution in [1.29, 1.82) is 0 Å². The molecule has 0 saturated heterocycles. The van der Waals surface area contributed by atoms with E-state index in [0.29, 0.717) is 0 Å². The average molecular weight is 208 g/mol. The highest BCUT2D eigenvalue weighted by molar-refractivity contribution is 7.90. The number of benzene rings is 1. The molecule has 0 amide bonds. The fourth-order valence-corrected chi connectivity index (χ4v) is 2.17. The zero-order valence-corrected chi connectivity index (χ0v) is 8.84. The summed E-state index contributed by atoms with van der Waals surface area (Å²) in [6, 6.07) is 7.40. The first-order valence-corrected chi connectivity index (χ1v) is 6.05. The maximum Gasteiger partial charge on any atom is 0.165 e. The Bertz CT molecular complexity index is 435. The second kappa shape index (κ2) is 4.30. The third kappa shape index (κ3) is 3.23. The van der Waals surface area contributed by atoms with Gasteiger partial charge in [0.15, 0.2) is 9.84 Å². The van der Waals surface area contributed by atoms with E-state index >= 15 is 0 Å². The summed E-state index contributed by atoms with van der Waals surface area (Å²) in [4.78, 5) is 0. The monoisotopic (exact) mass is 208 g/mol. The lowest BCUT2D eigenvalue weighted by Crippen LogP contribution is -2.07. The SMILES string of the molecule is C#CCS(=O)(=O)Cc1ccc(C)cc1. The van der Waals surface area contributed by atoms with E-state index in [1.165, 1.54) is 0 Å². The molecule has 0 aliphatic heterocycles. The molecule has 0 bridgehead atoms. The molecule has 1 rings (SSSR count). The maximum atomic E-state index is 11.3. The molecule has 3 heteroatoms. The molecule has 14 heavy (non-hydrogen) atoms. The normalized spacial score (nSPS) is 10.9.